The Morgan fingerprint density at radius 1 is 1.25 bits per heavy atom. The summed E-state index contributed by atoms with van der Waals surface area (Å²) in [5.74, 6) is 6.70. The molecular weight excluding hydrogens is 350 g/mol. The molecule has 1 aromatic heterocycles. The zero-order valence-corrected chi connectivity index (χ0v) is 16.5. The van der Waals surface area contributed by atoms with E-state index in [1.807, 2.05) is 32.9 Å². The molecule has 2 heterocycles. The van der Waals surface area contributed by atoms with Crippen LogP contribution in [0.4, 0.5) is 11.6 Å². The number of aromatic amines is 1. The third kappa shape index (κ3) is 4.60. The van der Waals surface area contributed by atoms with Gasteiger partial charge in [0.05, 0.1) is 12.3 Å². The molecule has 2 aromatic rings. The quantitative estimate of drug-likeness (QED) is 0.623. The SMILES string of the molecule is [C-]#[N+]c1ccc(-c2nc(N3CCC(N)CC3)[nH]c(=O)c2C#CC(C)(C)C)cc1. The second kappa shape index (κ2) is 7.88. The van der Waals surface area contributed by atoms with Gasteiger partial charge in [0.15, 0.2) is 5.69 Å². The Morgan fingerprint density at radius 3 is 2.46 bits per heavy atom. The molecule has 0 spiro atoms. The van der Waals surface area contributed by atoms with E-state index in [9.17, 15) is 4.79 Å². The predicted octanol–water partition coefficient (Wildman–Crippen LogP) is 3.31. The van der Waals surface area contributed by atoms with E-state index in [2.05, 4.69) is 26.6 Å². The van der Waals surface area contributed by atoms with Crippen molar-refractivity contribution < 1.29 is 0 Å². The molecule has 1 aliphatic heterocycles. The Bertz CT molecular complexity index is 1000. The number of nitrogens with two attached hydrogens (primary N) is 1. The van der Waals surface area contributed by atoms with Crippen LogP contribution in [0.15, 0.2) is 29.1 Å². The smallest absolute Gasteiger partial charge is 0.268 e. The third-order valence-corrected chi connectivity index (χ3v) is 4.58. The highest BCUT2D eigenvalue weighted by atomic mass is 16.1. The summed E-state index contributed by atoms with van der Waals surface area (Å²) in [4.78, 5) is 26.0. The molecule has 3 rings (SSSR count). The molecule has 144 valence electrons. The van der Waals surface area contributed by atoms with Gasteiger partial charge in [-0.05, 0) is 39.2 Å². The molecule has 0 amide bonds. The van der Waals surface area contributed by atoms with E-state index < -0.39 is 0 Å². The first-order valence-electron chi connectivity index (χ1n) is 9.43. The van der Waals surface area contributed by atoms with Crippen LogP contribution >= 0.6 is 0 Å². The van der Waals surface area contributed by atoms with E-state index in [0.717, 1.165) is 31.5 Å². The maximum Gasteiger partial charge on any atom is 0.268 e. The lowest BCUT2D eigenvalue weighted by Gasteiger charge is -2.30. The van der Waals surface area contributed by atoms with Gasteiger partial charge in [-0.3, -0.25) is 9.78 Å². The lowest BCUT2D eigenvalue weighted by molar-refractivity contribution is 0.495. The summed E-state index contributed by atoms with van der Waals surface area (Å²) >= 11 is 0. The van der Waals surface area contributed by atoms with Crippen molar-refractivity contribution in [2.75, 3.05) is 18.0 Å². The van der Waals surface area contributed by atoms with Crippen molar-refractivity contribution in [3.8, 4) is 23.1 Å². The van der Waals surface area contributed by atoms with Gasteiger partial charge in [0, 0.05) is 24.5 Å². The molecule has 0 unspecified atom stereocenters. The number of aromatic nitrogens is 2. The standard InChI is InChI=1S/C22H25N5O/c1-22(2,3)12-9-18-19(15-5-7-17(24-4)8-6-15)25-21(26-20(18)28)27-13-10-16(23)11-14-27/h5-8,16H,10-11,13-14,23H2,1-3H3,(H,25,26,28). The first-order chi connectivity index (χ1) is 13.3. The molecule has 1 saturated heterocycles. The number of anilines is 1. The molecule has 28 heavy (non-hydrogen) atoms. The van der Waals surface area contributed by atoms with E-state index >= 15 is 0 Å². The van der Waals surface area contributed by atoms with E-state index in [1.54, 1.807) is 12.1 Å². The summed E-state index contributed by atoms with van der Waals surface area (Å²) in [5, 5.41) is 0. The minimum absolute atomic E-state index is 0.195. The normalized spacial score (nSPS) is 14.9. The van der Waals surface area contributed by atoms with Crippen molar-refractivity contribution >= 4 is 11.6 Å². The summed E-state index contributed by atoms with van der Waals surface area (Å²) < 4.78 is 0. The number of hydrogen-bond donors (Lipinski definition) is 2. The highest BCUT2D eigenvalue weighted by Crippen LogP contribution is 2.25. The molecule has 1 aromatic carbocycles. The van der Waals surface area contributed by atoms with Crippen molar-refractivity contribution in [1.82, 2.24) is 9.97 Å². The second-order valence-electron chi connectivity index (χ2n) is 8.10. The van der Waals surface area contributed by atoms with Crippen LogP contribution in [0.5, 0.6) is 0 Å². The Morgan fingerprint density at radius 2 is 1.89 bits per heavy atom. The van der Waals surface area contributed by atoms with Crippen molar-refractivity contribution in [2.45, 2.75) is 39.7 Å². The molecule has 0 radical (unpaired) electrons. The van der Waals surface area contributed by atoms with Crippen molar-refractivity contribution in [3.63, 3.8) is 0 Å². The topological polar surface area (TPSA) is 79.4 Å². The minimum atomic E-state index is -0.249. The summed E-state index contributed by atoms with van der Waals surface area (Å²) in [5.41, 5.74) is 7.72. The van der Waals surface area contributed by atoms with Gasteiger partial charge in [-0.1, -0.05) is 36.1 Å². The van der Waals surface area contributed by atoms with Crippen molar-refractivity contribution in [3.05, 3.63) is 51.6 Å². The zero-order chi connectivity index (χ0) is 20.3. The fourth-order valence-corrected chi connectivity index (χ4v) is 2.99. The average molecular weight is 375 g/mol. The van der Waals surface area contributed by atoms with Crippen LogP contribution in [-0.4, -0.2) is 29.1 Å². The summed E-state index contributed by atoms with van der Waals surface area (Å²) in [6.07, 6.45) is 1.73. The predicted molar refractivity (Wildman–Crippen MR) is 112 cm³/mol. The summed E-state index contributed by atoms with van der Waals surface area (Å²) in [6, 6.07) is 7.28. The van der Waals surface area contributed by atoms with Gasteiger partial charge in [0.2, 0.25) is 5.95 Å². The number of nitrogens with one attached hydrogen (secondary N) is 1. The van der Waals surface area contributed by atoms with Crippen LogP contribution < -0.4 is 16.2 Å². The molecular formula is C22H25N5O. The number of benzene rings is 1. The molecule has 1 aliphatic rings. The van der Waals surface area contributed by atoms with E-state index in [4.69, 9.17) is 17.3 Å². The van der Waals surface area contributed by atoms with E-state index in [0.29, 0.717) is 22.9 Å². The molecule has 0 aliphatic carbocycles. The van der Waals surface area contributed by atoms with Crippen LogP contribution in [0.3, 0.4) is 0 Å². The summed E-state index contributed by atoms with van der Waals surface area (Å²) in [7, 11) is 0. The molecule has 1 fully saturated rings. The lowest BCUT2D eigenvalue weighted by atomic mass is 9.97. The van der Waals surface area contributed by atoms with Gasteiger partial charge < -0.3 is 10.6 Å². The molecule has 3 N–H and O–H groups in total. The zero-order valence-electron chi connectivity index (χ0n) is 16.5. The fourth-order valence-electron chi connectivity index (χ4n) is 2.99. The van der Waals surface area contributed by atoms with Gasteiger partial charge in [0.25, 0.3) is 5.56 Å². The number of H-pyrrole nitrogens is 1. The maximum absolute atomic E-state index is 12.9. The van der Waals surface area contributed by atoms with Gasteiger partial charge in [-0.25, -0.2) is 9.83 Å². The van der Waals surface area contributed by atoms with Crippen LogP contribution in [-0.2, 0) is 0 Å². The highest BCUT2D eigenvalue weighted by Gasteiger charge is 2.21. The molecule has 6 heteroatoms. The molecule has 0 saturated carbocycles. The molecule has 0 atom stereocenters. The Kier molecular flexibility index (Phi) is 5.53. The highest BCUT2D eigenvalue weighted by molar-refractivity contribution is 5.70. The Balaban J connectivity index is 2.12. The fraction of sp³-hybridized carbons (Fsp3) is 0.409. The number of hydrogen-bond acceptors (Lipinski definition) is 4. The third-order valence-electron chi connectivity index (χ3n) is 4.58. The molecule has 6 nitrogen and oxygen atoms in total. The van der Waals surface area contributed by atoms with Crippen LogP contribution in [0.25, 0.3) is 16.1 Å². The largest absolute Gasteiger partial charge is 0.342 e. The molecule has 0 bridgehead atoms. The average Bonchev–Trinajstić information content (AvgIpc) is 2.66. The van der Waals surface area contributed by atoms with E-state index in [-0.39, 0.29) is 17.0 Å². The Labute approximate surface area is 165 Å². The van der Waals surface area contributed by atoms with Crippen LogP contribution in [0.2, 0.25) is 0 Å². The van der Waals surface area contributed by atoms with Gasteiger partial charge in [-0.15, -0.1) is 0 Å². The lowest BCUT2D eigenvalue weighted by Crippen LogP contribution is -2.41. The number of piperidine rings is 1. The van der Waals surface area contributed by atoms with Crippen LogP contribution in [0, 0.1) is 23.8 Å². The number of nitrogens with zero attached hydrogens (tertiary/aromatic N) is 3. The second-order valence-corrected chi connectivity index (χ2v) is 8.10. The van der Waals surface area contributed by atoms with Crippen LogP contribution in [0.1, 0.15) is 39.2 Å². The van der Waals surface area contributed by atoms with Gasteiger partial charge in [0.1, 0.15) is 5.56 Å². The summed E-state index contributed by atoms with van der Waals surface area (Å²) in [6.45, 7) is 14.6. The minimum Gasteiger partial charge on any atom is -0.342 e. The first kappa shape index (κ1) is 19.7. The van der Waals surface area contributed by atoms with Gasteiger partial charge >= 0.3 is 0 Å². The number of rotatable bonds is 2. The first-order valence-corrected chi connectivity index (χ1v) is 9.43. The monoisotopic (exact) mass is 375 g/mol. The van der Waals surface area contributed by atoms with Crippen molar-refractivity contribution in [1.29, 1.82) is 0 Å². The van der Waals surface area contributed by atoms with E-state index in [1.165, 1.54) is 0 Å². The van der Waals surface area contributed by atoms with Gasteiger partial charge in [-0.2, -0.15) is 0 Å². The van der Waals surface area contributed by atoms with Crippen molar-refractivity contribution in [2.24, 2.45) is 11.1 Å². The maximum atomic E-state index is 12.9. The Hall–Kier alpha value is -3.09.